The minimum Gasteiger partial charge on any atom is -0.493 e. The highest BCUT2D eigenvalue weighted by atomic mass is 16.5. The molecule has 27 heavy (non-hydrogen) atoms. The highest BCUT2D eigenvalue weighted by Crippen LogP contribution is 2.28. The first-order valence-corrected chi connectivity index (χ1v) is 8.69. The molecular formula is C21H25NO5. The molecule has 0 aromatic heterocycles. The maximum absolute atomic E-state index is 12.4. The minimum atomic E-state index is -0.472. The predicted molar refractivity (Wildman–Crippen MR) is 102 cm³/mol. The van der Waals surface area contributed by atoms with Gasteiger partial charge in [-0.05, 0) is 29.7 Å². The Morgan fingerprint density at radius 2 is 1.70 bits per heavy atom. The summed E-state index contributed by atoms with van der Waals surface area (Å²) in [6.45, 7) is 3.94. The second-order valence-corrected chi connectivity index (χ2v) is 6.35. The third kappa shape index (κ3) is 5.48. The van der Waals surface area contributed by atoms with Gasteiger partial charge in [0.2, 0.25) is 0 Å². The summed E-state index contributed by atoms with van der Waals surface area (Å²) in [6.07, 6.45) is 0. The van der Waals surface area contributed by atoms with E-state index in [2.05, 4.69) is 10.1 Å². The van der Waals surface area contributed by atoms with Crippen LogP contribution in [0.5, 0.6) is 11.5 Å². The largest absolute Gasteiger partial charge is 0.493 e. The summed E-state index contributed by atoms with van der Waals surface area (Å²) in [5.41, 5.74) is 1.39. The molecule has 1 N–H and O–H groups in total. The number of benzene rings is 2. The normalized spacial score (nSPS) is 11.6. The molecule has 0 fully saturated rings. The van der Waals surface area contributed by atoms with Gasteiger partial charge in [0.05, 0.1) is 25.8 Å². The molecule has 0 bridgehead atoms. The zero-order chi connectivity index (χ0) is 19.8. The van der Waals surface area contributed by atoms with Gasteiger partial charge in [-0.2, -0.15) is 0 Å². The van der Waals surface area contributed by atoms with Gasteiger partial charge < -0.3 is 19.5 Å². The van der Waals surface area contributed by atoms with Crippen molar-refractivity contribution in [1.82, 2.24) is 5.32 Å². The number of hydrogen-bond acceptors (Lipinski definition) is 5. The monoisotopic (exact) mass is 371 g/mol. The van der Waals surface area contributed by atoms with Crippen molar-refractivity contribution < 1.29 is 23.8 Å². The first kappa shape index (κ1) is 20.3. The SMILES string of the molecule is COC(=O)c1ccc(OCC(=O)NC(c2ccccc2)C(C)C)c(OC)c1. The minimum absolute atomic E-state index is 0.106. The van der Waals surface area contributed by atoms with Crippen LogP contribution in [0.3, 0.4) is 0 Å². The Morgan fingerprint density at radius 1 is 1.00 bits per heavy atom. The van der Waals surface area contributed by atoms with Crippen molar-refractivity contribution in [2.75, 3.05) is 20.8 Å². The predicted octanol–water partition coefficient (Wildman–Crippen LogP) is 3.37. The first-order chi connectivity index (χ1) is 13.0. The molecule has 0 spiro atoms. The van der Waals surface area contributed by atoms with Gasteiger partial charge in [-0.1, -0.05) is 44.2 Å². The second kappa shape index (κ2) is 9.62. The molecule has 6 heteroatoms. The van der Waals surface area contributed by atoms with Gasteiger partial charge >= 0.3 is 5.97 Å². The Kier molecular flexibility index (Phi) is 7.23. The smallest absolute Gasteiger partial charge is 0.337 e. The van der Waals surface area contributed by atoms with Crippen LogP contribution in [0.25, 0.3) is 0 Å². The molecule has 1 unspecified atom stereocenters. The van der Waals surface area contributed by atoms with Crippen LogP contribution in [0, 0.1) is 5.92 Å². The summed E-state index contributed by atoms with van der Waals surface area (Å²) in [5, 5.41) is 3.00. The standard InChI is InChI=1S/C21H25NO5/c1-14(2)20(15-8-6-5-7-9-15)22-19(23)13-27-17-11-10-16(21(24)26-4)12-18(17)25-3/h5-12,14,20H,13H2,1-4H3,(H,22,23). The molecule has 0 aliphatic heterocycles. The van der Waals surface area contributed by atoms with E-state index in [4.69, 9.17) is 9.47 Å². The van der Waals surface area contributed by atoms with Crippen molar-refractivity contribution in [3.05, 3.63) is 59.7 Å². The summed E-state index contributed by atoms with van der Waals surface area (Å²) in [4.78, 5) is 24.0. The number of carbonyl (C=O) groups excluding carboxylic acids is 2. The Morgan fingerprint density at radius 3 is 2.30 bits per heavy atom. The van der Waals surface area contributed by atoms with E-state index in [9.17, 15) is 9.59 Å². The second-order valence-electron chi connectivity index (χ2n) is 6.35. The molecule has 1 atom stereocenters. The van der Waals surface area contributed by atoms with Gasteiger partial charge in [0, 0.05) is 0 Å². The van der Waals surface area contributed by atoms with Gasteiger partial charge in [0.1, 0.15) is 0 Å². The number of nitrogens with one attached hydrogen (secondary N) is 1. The van der Waals surface area contributed by atoms with Crippen LogP contribution in [0.4, 0.5) is 0 Å². The molecule has 0 heterocycles. The van der Waals surface area contributed by atoms with Crippen molar-refractivity contribution in [3.63, 3.8) is 0 Å². The Labute approximate surface area is 159 Å². The van der Waals surface area contributed by atoms with Crippen LogP contribution in [0.15, 0.2) is 48.5 Å². The average Bonchev–Trinajstić information content (AvgIpc) is 2.70. The number of methoxy groups -OCH3 is 2. The number of esters is 1. The van der Waals surface area contributed by atoms with Crippen molar-refractivity contribution in [3.8, 4) is 11.5 Å². The van der Waals surface area contributed by atoms with Crippen LogP contribution < -0.4 is 14.8 Å². The van der Waals surface area contributed by atoms with Gasteiger partial charge in [-0.25, -0.2) is 4.79 Å². The Balaban J connectivity index is 2.03. The molecule has 2 aromatic carbocycles. The fourth-order valence-electron chi connectivity index (χ4n) is 2.69. The van der Waals surface area contributed by atoms with Crippen LogP contribution >= 0.6 is 0 Å². The lowest BCUT2D eigenvalue weighted by Gasteiger charge is -2.23. The van der Waals surface area contributed by atoms with Crippen molar-refractivity contribution in [2.45, 2.75) is 19.9 Å². The lowest BCUT2D eigenvalue weighted by atomic mass is 9.96. The molecule has 0 aliphatic carbocycles. The molecule has 1 amide bonds. The highest BCUT2D eigenvalue weighted by Gasteiger charge is 2.19. The van der Waals surface area contributed by atoms with Crippen LogP contribution in [0.1, 0.15) is 35.8 Å². The van der Waals surface area contributed by atoms with Crippen LogP contribution in [0.2, 0.25) is 0 Å². The van der Waals surface area contributed by atoms with Crippen molar-refractivity contribution in [1.29, 1.82) is 0 Å². The zero-order valence-electron chi connectivity index (χ0n) is 16.0. The van der Waals surface area contributed by atoms with Crippen LogP contribution in [-0.4, -0.2) is 32.7 Å². The molecule has 0 saturated carbocycles. The molecular weight excluding hydrogens is 346 g/mol. The van der Waals surface area contributed by atoms with Gasteiger partial charge in [-0.3, -0.25) is 4.79 Å². The average molecular weight is 371 g/mol. The van der Waals surface area contributed by atoms with E-state index in [1.165, 1.54) is 20.3 Å². The van der Waals surface area contributed by atoms with Gasteiger partial charge in [0.15, 0.2) is 18.1 Å². The molecule has 2 rings (SSSR count). The molecule has 0 radical (unpaired) electrons. The van der Waals surface area contributed by atoms with E-state index < -0.39 is 5.97 Å². The summed E-state index contributed by atoms with van der Waals surface area (Å²) in [6, 6.07) is 14.3. The van der Waals surface area contributed by atoms with Gasteiger partial charge in [0.25, 0.3) is 5.91 Å². The number of hydrogen-bond donors (Lipinski definition) is 1. The number of rotatable bonds is 8. The zero-order valence-corrected chi connectivity index (χ0v) is 16.0. The maximum atomic E-state index is 12.4. The summed E-state index contributed by atoms with van der Waals surface area (Å²) in [5.74, 6) is 0.248. The maximum Gasteiger partial charge on any atom is 0.337 e. The number of ether oxygens (including phenoxy) is 3. The Bertz CT molecular complexity index is 773. The molecule has 2 aromatic rings. The highest BCUT2D eigenvalue weighted by molar-refractivity contribution is 5.90. The third-order valence-electron chi connectivity index (χ3n) is 4.09. The molecule has 6 nitrogen and oxygen atoms in total. The summed E-state index contributed by atoms with van der Waals surface area (Å²) < 4.78 is 15.5. The third-order valence-corrected chi connectivity index (χ3v) is 4.09. The van der Waals surface area contributed by atoms with E-state index in [0.29, 0.717) is 17.1 Å². The van der Waals surface area contributed by atoms with E-state index in [1.807, 2.05) is 44.2 Å². The number of carbonyl (C=O) groups is 2. The first-order valence-electron chi connectivity index (χ1n) is 8.69. The lowest BCUT2D eigenvalue weighted by Crippen LogP contribution is -2.35. The van der Waals surface area contributed by atoms with Gasteiger partial charge in [-0.15, -0.1) is 0 Å². The van der Waals surface area contributed by atoms with Crippen LogP contribution in [-0.2, 0) is 9.53 Å². The lowest BCUT2D eigenvalue weighted by molar-refractivity contribution is -0.124. The number of amides is 1. The van der Waals surface area contributed by atoms with Crippen molar-refractivity contribution >= 4 is 11.9 Å². The molecule has 144 valence electrons. The van der Waals surface area contributed by atoms with E-state index in [0.717, 1.165) is 5.56 Å². The summed E-state index contributed by atoms with van der Waals surface area (Å²) >= 11 is 0. The molecule has 0 saturated heterocycles. The van der Waals surface area contributed by atoms with E-state index >= 15 is 0 Å². The topological polar surface area (TPSA) is 73.9 Å². The molecule has 0 aliphatic rings. The fraction of sp³-hybridized carbons (Fsp3) is 0.333. The summed E-state index contributed by atoms with van der Waals surface area (Å²) in [7, 11) is 2.77. The van der Waals surface area contributed by atoms with E-state index in [1.54, 1.807) is 12.1 Å². The van der Waals surface area contributed by atoms with E-state index in [-0.39, 0.29) is 24.5 Å². The van der Waals surface area contributed by atoms with Crippen molar-refractivity contribution in [2.24, 2.45) is 5.92 Å². The fourth-order valence-corrected chi connectivity index (χ4v) is 2.69. The Hall–Kier alpha value is -3.02. The quantitative estimate of drug-likeness (QED) is 0.720.